The molecule has 2 atom stereocenters. The Morgan fingerprint density at radius 2 is 1.87 bits per heavy atom. The molecule has 4 heteroatoms. The molecule has 0 bridgehead atoms. The number of ether oxygens (including phenoxy) is 1. The van der Waals surface area contributed by atoms with Crippen LogP contribution in [0.5, 0.6) is 11.5 Å². The normalized spacial score (nSPS) is 20.0. The molecule has 4 nitrogen and oxygen atoms in total. The number of benzene rings is 1. The summed E-state index contributed by atoms with van der Waals surface area (Å²) in [5, 5.41) is 23.9. The van der Waals surface area contributed by atoms with Gasteiger partial charge in [-0.1, -0.05) is 39.5 Å². The molecule has 0 amide bonds. The Morgan fingerprint density at radius 3 is 2.53 bits per heavy atom. The highest BCUT2D eigenvalue weighted by Crippen LogP contribution is 2.46. The van der Waals surface area contributed by atoms with Gasteiger partial charge in [-0.15, -0.1) is 0 Å². The zero-order valence-electron chi connectivity index (χ0n) is 20.0. The summed E-state index contributed by atoms with van der Waals surface area (Å²) >= 11 is 0. The number of aliphatic hydroxyl groups is 1. The number of unbranched alkanes of at least 4 members (excludes halogenated alkanes) is 3. The minimum Gasteiger partial charge on any atom is -0.508 e. The Bertz CT molecular complexity index is 641. The fourth-order valence-corrected chi connectivity index (χ4v) is 4.85. The minimum atomic E-state index is -0.00565. The Labute approximate surface area is 184 Å². The van der Waals surface area contributed by atoms with Crippen LogP contribution in [-0.4, -0.2) is 36.5 Å². The van der Waals surface area contributed by atoms with Crippen molar-refractivity contribution in [2.75, 3.05) is 20.2 Å². The van der Waals surface area contributed by atoms with Crippen molar-refractivity contribution >= 4 is 0 Å². The van der Waals surface area contributed by atoms with Crippen LogP contribution in [0.3, 0.4) is 0 Å². The molecule has 1 aliphatic carbocycles. The molecular weight excluding hydrogens is 374 g/mol. The molecule has 1 saturated carbocycles. The predicted molar refractivity (Wildman–Crippen MR) is 126 cm³/mol. The van der Waals surface area contributed by atoms with Gasteiger partial charge in [0, 0.05) is 12.2 Å². The Balaban J connectivity index is 2.19. The van der Waals surface area contributed by atoms with Gasteiger partial charge in [0.2, 0.25) is 0 Å². The molecule has 0 radical (unpaired) electrons. The number of aliphatic hydroxyl groups excluding tert-OH is 1. The quantitative estimate of drug-likeness (QED) is 0.370. The second-order valence-corrected chi connectivity index (χ2v) is 10.1. The van der Waals surface area contributed by atoms with Crippen molar-refractivity contribution in [3.63, 3.8) is 0 Å². The lowest BCUT2D eigenvalue weighted by atomic mass is 9.75. The molecule has 2 rings (SSSR count). The van der Waals surface area contributed by atoms with Crippen LogP contribution < -0.4 is 10.1 Å². The van der Waals surface area contributed by atoms with Gasteiger partial charge in [-0.3, -0.25) is 0 Å². The van der Waals surface area contributed by atoms with E-state index in [-0.39, 0.29) is 24.0 Å². The third-order valence-corrected chi connectivity index (χ3v) is 6.69. The van der Waals surface area contributed by atoms with E-state index >= 15 is 0 Å². The second-order valence-electron chi connectivity index (χ2n) is 10.1. The summed E-state index contributed by atoms with van der Waals surface area (Å²) in [6, 6.07) is 4.16. The van der Waals surface area contributed by atoms with Crippen molar-refractivity contribution in [3.8, 4) is 11.5 Å². The Hall–Kier alpha value is -1.26. The molecule has 1 aromatic rings. The first-order chi connectivity index (χ1) is 14.3. The molecule has 30 heavy (non-hydrogen) atoms. The molecular formula is C26H45NO3. The summed E-state index contributed by atoms with van der Waals surface area (Å²) in [7, 11) is 2.01. The minimum absolute atomic E-state index is 0.00565. The summed E-state index contributed by atoms with van der Waals surface area (Å²) in [5.41, 5.74) is 2.10. The molecule has 1 aromatic carbocycles. The van der Waals surface area contributed by atoms with E-state index in [0.717, 1.165) is 55.5 Å². The van der Waals surface area contributed by atoms with Crippen LogP contribution in [0.2, 0.25) is 0 Å². The summed E-state index contributed by atoms with van der Waals surface area (Å²) in [4.78, 5) is 0. The van der Waals surface area contributed by atoms with Crippen molar-refractivity contribution in [2.24, 2.45) is 5.92 Å². The topological polar surface area (TPSA) is 61.7 Å². The third-order valence-electron chi connectivity index (χ3n) is 6.69. The van der Waals surface area contributed by atoms with Gasteiger partial charge < -0.3 is 20.3 Å². The highest BCUT2D eigenvalue weighted by molar-refractivity contribution is 5.51. The first-order valence-electron chi connectivity index (χ1n) is 12.1. The van der Waals surface area contributed by atoms with Crippen molar-refractivity contribution in [2.45, 2.75) is 103 Å². The van der Waals surface area contributed by atoms with Gasteiger partial charge in [-0.2, -0.15) is 0 Å². The van der Waals surface area contributed by atoms with E-state index in [2.05, 4.69) is 25.2 Å². The van der Waals surface area contributed by atoms with Gasteiger partial charge in [0.15, 0.2) is 0 Å². The highest BCUT2D eigenvalue weighted by Gasteiger charge is 2.30. The lowest BCUT2D eigenvalue weighted by molar-refractivity contribution is 0.175. The average Bonchev–Trinajstić information content (AvgIpc) is 2.70. The SMILES string of the molecule is CNCCCCCCC(C)(C)c1cc(O)c(C2CCCC(CO)C2)c(OC(C)C)c1. The third kappa shape index (κ3) is 7.16. The smallest absolute Gasteiger partial charge is 0.127 e. The molecule has 172 valence electrons. The van der Waals surface area contributed by atoms with Crippen molar-refractivity contribution in [1.29, 1.82) is 0 Å². The van der Waals surface area contributed by atoms with E-state index < -0.39 is 0 Å². The lowest BCUT2D eigenvalue weighted by Gasteiger charge is -2.32. The summed E-state index contributed by atoms with van der Waals surface area (Å²) in [5.74, 6) is 1.79. The van der Waals surface area contributed by atoms with Crippen LogP contribution in [0.1, 0.15) is 103 Å². The summed E-state index contributed by atoms with van der Waals surface area (Å²) in [6.45, 7) is 9.96. The van der Waals surface area contributed by atoms with Crippen molar-refractivity contribution in [1.82, 2.24) is 5.32 Å². The first-order valence-corrected chi connectivity index (χ1v) is 12.1. The first kappa shape index (κ1) is 25.0. The van der Waals surface area contributed by atoms with E-state index in [0.29, 0.717) is 11.7 Å². The Kier molecular flexibility index (Phi) is 9.96. The molecule has 0 aromatic heterocycles. The maximum atomic E-state index is 11.1. The molecule has 1 aliphatic rings. The number of hydrogen-bond acceptors (Lipinski definition) is 4. The molecule has 2 unspecified atom stereocenters. The zero-order chi connectivity index (χ0) is 22.1. The molecule has 0 heterocycles. The van der Waals surface area contributed by atoms with Crippen LogP contribution in [-0.2, 0) is 5.41 Å². The van der Waals surface area contributed by atoms with Crippen molar-refractivity contribution < 1.29 is 14.9 Å². The van der Waals surface area contributed by atoms with Gasteiger partial charge in [0.05, 0.1) is 6.10 Å². The number of aromatic hydroxyl groups is 1. The van der Waals surface area contributed by atoms with Gasteiger partial charge >= 0.3 is 0 Å². The van der Waals surface area contributed by atoms with Crippen LogP contribution in [0.4, 0.5) is 0 Å². The second kappa shape index (κ2) is 12.0. The van der Waals surface area contributed by atoms with E-state index in [1.165, 1.54) is 25.7 Å². The molecule has 0 aliphatic heterocycles. The molecule has 0 saturated heterocycles. The number of phenols is 1. The van der Waals surface area contributed by atoms with E-state index in [1.807, 2.05) is 27.0 Å². The van der Waals surface area contributed by atoms with Gasteiger partial charge in [-0.05, 0) is 94.5 Å². The standard InChI is InChI=1S/C26H45NO3/c1-19(2)30-24-17-22(26(3,4)13-8-6-7-9-14-27-5)16-23(29)25(24)21-12-10-11-20(15-21)18-28/h16-17,19-21,27-29H,6-15,18H2,1-5H3. The van der Waals surface area contributed by atoms with Crippen LogP contribution in [0, 0.1) is 5.92 Å². The monoisotopic (exact) mass is 419 g/mol. The number of hydrogen-bond donors (Lipinski definition) is 3. The fourth-order valence-electron chi connectivity index (χ4n) is 4.85. The van der Waals surface area contributed by atoms with Gasteiger partial charge in [0.1, 0.15) is 11.5 Å². The maximum Gasteiger partial charge on any atom is 0.127 e. The predicted octanol–water partition coefficient (Wildman–Crippen LogP) is 5.89. The molecule has 1 fully saturated rings. The Morgan fingerprint density at radius 1 is 1.13 bits per heavy atom. The zero-order valence-corrected chi connectivity index (χ0v) is 20.0. The summed E-state index contributed by atoms with van der Waals surface area (Å²) in [6.07, 6.45) is 10.2. The average molecular weight is 420 g/mol. The lowest BCUT2D eigenvalue weighted by Crippen LogP contribution is -2.21. The van der Waals surface area contributed by atoms with Crippen molar-refractivity contribution in [3.05, 3.63) is 23.3 Å². The van der Waals surface area contributed by atoms with E-state index in [1.54, 1.807) is 0 Å². The summed E-state index contributed by atoms with van der Waals surface area (Å²) < 4.78 is 6.22. The number of rotatable bonds is 12. The number of phenolic OH excluding ortho intramolecular Hbond substituents is 1. The van der Waals surface area contributed by atoms with Gasteiger partial charge in [0.25, 0.3) is 0 Å². The van der Waals surface area contributed by atoms with E-state index in [9.17, 15) is 10.2 Å². The molecule has 0 spiro atoms. The highest BCUT2D eigenvalue weighted by atomic mass is 16.5. The van der Waals surface area contributed by atoms with Crippen LogP contribution in [0.25, 0.3) is 0 Å². The largest absolute Gasteiger partial charge is 0.508 e. The fraction of sp³-hybridized carbons (Fsp3) is 0.769. The van der Waals surface area contributed by atoms with Crippen LogP contribution >= 0.6 is 0 Å². The van der Waals surface area contributed by atoms with E-state index in [4.69, 9.17) is 4.74 Å². The van der Waals surface area contributed by atoms with Crippen LogP contribution in [0.15, 0.2) is 12.1 Å². The maximum absolute atomic E-state index is 11.1. The molecule has 3 N–H and O–H groups in total. The van der Waals surface area contributed by atoms with Gasteiger partial charge in [-0.25, -0.2) is 0 Å². The number of nitrogens with one attached hydrogen (secondary N) is 1.